The molecule has 0 unspecified atom stereocenters. The molecule has 1 heterocycles. The van der Waals surface area contributed by atoms with Crippen molar-refractivity contribution in [3.63, 3.8) is 0 Å². The van der Waals surface area contributed by atoms with Gasteiger partial charge in [0, 0.05) is 24.3 Å². The maximum Gasteiger partial charge on any atom is 0.203 e. The summed E-state index contributed by atoms with van der Waals surface area (Å²) in [6.45, 7) is 17.3. The molecule has 3 rings (SSSR count). The first kappa shape index (κ1) is 66.0. The Labute approximate surface area is 465 Å². The number of ether oxygens (including phenoxy) is 6. The van der Waals surface area contributed by atoms with Crippen LogP contribution in [0.15, 0.2) is 52.4 Å². The summed E-state index contributed by atoms with van der Waals surface area (Å²) < 4.78 is 39.4. The minimum absolute atomic E-state index is 0.626. The number of pyridine rings is 1. The average Bonchev–Trinajstić information content (AvgIpc) is 3.43. The molecule has 0 atom stereocenters. The van der Waals surface area contributed by atoms with Crippen molar-refractivity contribution >= 4 is 23.8 Å². The zero-order valence-electron chi connectivity index (χ0n) is 49.7. The van der Waals surface area contributed by atoms with Gasteiger partial charge in [-0.25, -0.2) is 4.98 Å². The zero-order valence-corrected chi connectivity index (χ0v) is 49.7. The number of aliphatic imine (C=N–C) groups is 2. The highest BCUT2D eigenvalue weighted by Gasteiger charge is 2.18. The fraction of sp³-hybridized carbons (Fsp3) is 0.716. The lowest BCUT2D eigenvalue weighted by Crippen LogP contribution is -2.06. The summed E-state index contributed by atoms with van der Waals surface area (Å²) in [7, 11) is 0. The molecule has 0 saturated heterocycles. The summed E-state index contributed by atoms with van der Waals surface area (Å²) in [5.74, 6) is 4.20. The van der Waals surface area contributed by atoms with Crippen molar-refractivity contribution in [1.29, 1.82) is 0 Å². The summed E-state index contributed by atoms with van der Waals surface area (Å²) in [6.07, 6.45) is 46.8. The average molecular weight is 1050 g/mol. The Morgan fingerprint density at radius 1 is 0.303 bits per heavy atom. The van der Waals surface area contributed by atoms with Crippen LogP contribution in [0.3, 0.4) is 0 Å². The van der Waals surface area contributed by atoms with Gasteiger partial charge in [-0.05, 0) is 50.7 Å². The molecule has 0 N–H and O–H groups in total. The third kappa shape index (κ3) is 31.8. The number of unbranched alkanes of at least 4 members (excludes halogenated alkanes) is 30. The number of hydrogen-bond acceptors (Lipinski definition) is 9. The first-order valence-corrected chi connectivity index (χ1v) is 31.7. The summed E-state index contributed by atoms with van der Waals surface area (Å²) in [5, 5.41) is 0. The second kappa shape index (κ2) is 46.8. The lowest BCUT2D eigenvalue weighted by Gasteiger charge is -2.18. The number of benzene rings is 2. The van der Waals surface area contributed by atoms with Gasteiger partial charge in [0.25, 0.3) is 0 Å². The molecule has 0 aliphatic rings. The van der Waals surface area contributed by atoms with Crippen molar-refractivity contribution in [1.82, 2.24) is 4.98 Å². The Balaban J connectivity index is 1.92. The third-order valence-corrected chi connectivity index (χ3v) is 14.0. The van der Waals surface area contributed by atoms with Gasteiger partial charge in [-0.15, -0.1) is 0 Å². The second-order valence-electron chi connectivity index (χ2n) is 21.2. The molecule has 0 aliphatic carbocycles. The Kier molecular flexibility index (Phi) is 40.6. The van der Waals surface area contributed by atoms with Crippen molar-refractivity contribution in [3.05, 3.63) is 53.9 Å². The van der Waals surface area contributed by atoms with Gasteiger partial charge in [-0.1, -0.05) is 240 Å². The predicted molar refractivity (Wildman–Crippen MR) is 325 cm³/mol. The van der Waals surface area contributed by atoms with E-state index in [0.717, 1.165) is 99.8 Å². The van der Waals surface area contributed by atoms with Crippen molar-refractivity contribution in [2.75, 3.05) is 39.6 Å². The predicted octanol–water partition coefficient (Wildman–Crippen LogP) is 21.0. The fourth-order valence-electron chi connectivity index (χ4n) is 9.25. The molecule has 0 bridgehead atoms. The highest BCUT2D eigenvalue weighted by Crippen LogP contribution is 2.43. The maximum atomic E-state index is 6.58. The van der Waals surface area contributed by atoms with Gasteiger partial charge in [0.05, 0.1) is 74.8 Å². The topological polar surface area (TPSA) is 93.0 Å². The van der Waals surface area contributed by atoms with Crippen LogP contribution < -0.4 is 28.4 Å². The minimum Gasteiger partial charge on any atom is -0.489 e. The largest absolute Gasteiger partial charge is 0.489 e. The van der Waals surface area contributed by atoms with E-state index in [9.17, 15) is 0 Å². The molecule has 430 valence electrons. The van der Waals surface area contributed by atoms with E-state index >= 15 is 0 Å². The third-order valence-electron chi connectivity index (χ3n) is 14.0. The first-order chi connectivity index (χ1) is 37.6. The van der Waals surface area contributed by atoms with Crippen LogP contribution in [-0.4, -0.2) is 57.1 Å². The van der Waals surface area contributed by atoms with Crippen LogP contribution in [0, 0.1) is 0 Å². The minimum atomic E-state index is 0.626. The van der Waals surface area contributed by atoms with Crippen molar-refractivity contribution < 1.29 is 28.4 Å². The highest BCUT2D eigenvalue weighted by molar-refractivity contribution is 5.84. The molecule has 3 aromatic rings. The smallest absolute Gasteiger partial charge is 0.203 e. The van der Waals surface area contributed by atoms with Crippen molar-refractivity contribution in [2.45, 2.75) is 273 Å². The molecule has 0 amide bonds. The number of nitrogens with zero attached hydrogens (tertiary/aromatic N) is 3. The van der Waals surface area contributed by atoms with Gasteiger partial charge < -0.3 is 28.4 Å². The van der Waals surface area contributed by atoms with Crippen LogP contribution >= 0.6 is 0 Å². The van der Waals surface area contributed by atoms with E-state index in [1.807, 2.05) is 54.9 Å². The van der Waals surface area contributed by atoms with E-state index in [1.165, 1.54) is 154 Å². The first-order valence-electron chi connectivity index (χ1n) is 31.7. The molecule has 76 heavy (non-hydrogen) atoms. The zero-order chi connectivity index (χ0) is 54.2. The number of rotatable bonds is 52. The molecular formula is C67H111N3O6. The van der Waals surface area contributed by atoms with Crippen LogP contribution in [0.1, 0.15) is 284 Å². The van der Waals surface area contributed by atoms with Crippen molar-refractivity contribution in [3.8, 4) is 34.5 Å². The molecule has 9 nitrogen and oxygen atoms in total. The number of aromatic nitrogens is 1. The Morgan fingerprint density at radius 2 is 0.526 bits per heavy atom. The molecule has 0 spiro atoms. The van der Waals surface area contributed by atoms with E-state index in [4.69, 9.17) is 43.4 Å². The Morgan fingerprint density at radius 3 is 0.776 bits per heavy atom. The van der Waals surface area contributed by atoms with Crippen LogP contribution in [-0.2, 0) is 0 Å². The molecule has 0 fully saturated rings. The number of hydrogen-bond donors (Lipinski definition) is 0. The summed E-state index contributed by atoms with van der Waals surface area (Å²) in [5.41, 5.74) is 2.93. The summed E-state index contributed by atoms with van der Waals surface area (Å²) >= 11 is 0. The maximum absolute atomic E-state index is 6.58. The summed E-state index contributed by atoms with van der Waals surface area (Å²) in [6, 6.07) is 14.0. The normalized spacial score (nSPS) is 11.6. The van der Waals surface area contributed by atoms with E-state index in [-0.39, 0.29) is 0 Å². The highest BCUT2D eigenvalue weighted by atomic mass is 16.5. The van der Waals surface area contributed by atoms with Crippen molar-refractivity contribution in [2.24, 2.45) is 9.98 Å². The Hall–Kier alpha value is -4.27. The quantitative estimate of drug-likeness (QED) is 0.0411. The van der Waals surface area contributed by atoms with E-state index in [0.29, 0.717) is 74.1 Å². The van der Waals surface area contributed by atoms with E-state index in [1.54, 1.807) is 0 Å². The lowest BCUT2D eigenvalue weighted by molar-refractivity contribution is 0.234. The lowest BCUT2D eigenvalue weighted by atomic mass is 10.1. The van der Waals surface area contributed by atoms with E-state index in [2.05, 4.69) is 41.5 Å². The van der Waals surface area contributed by atoms with Crippen LogP contribution in [0.25, 0.3) is 0 Å². The molecular weight excluding hydrogens is 943 g/mol. The fourth-order valence-corrected chi connectivity index (χ4v) is 9.25. The van der Waals surface area contributed by atoms with Crippen LogP contribution in [0.2, 0.25) is 0 Å². The molecule has 9 heteroatoms. The molecule has 2 aromatic carbocycles. The molecule has 0 aliphatic heterocycles. The van der Waals surface area contributed by atoms with Gasteiger partial charge in [0.1, 0.15) is 0 Å². The van der Waals surface area contributed by atoms with Crippen LogP contribution in [0.5, 0.6) is 34.5 Å². The van der Waals surface area contributed by atoms with Crippen LogP contribution in [0.4, 0.5) is 11.4 Å². The summed E-state index contributed by atoms with van der Waals surface area (Å²) in [4.78, 5) is 15.0. The van der Waals surface area contributed by atoms with Gasteiger partial charge in [-0.3, -0.25) is 9.98 Å². The van der Waals surface area contributed by atoms with Gasteiger partial charge in [-0.2, -0.15) is 0 Å². The van der Waals surface area contributed by atoms with E-state index < -0.39 is 0 Å². The van der Waals surface area contributed by atoms with Gasteiger partial charge >= 0.3 is 0 Å². The standard InChI is InChI=1S/C67H111N3O6/c1-7-13-19-25-31-37-46-71-62-52-60(53-63(72-47-38-32-26-20-14-8-2)66(62)75-50-41-35-29-23-17-11-5)68-56-58-44-43-45-59(70-58)57-69-61-54-64(73-48-39-33-27-21-15-9-3)67(76-51-42-36-30-24-18-12-6)65(55-61)74-49-40-34-28-22-16-10-4/h43-45,52-57H,7-42,46-51H2,1-6H3. The SMILES string of the molecule is CCCCCCCCOc1cc(N=Cc2cccc(C=Nc3cc(OCCCCCCCC)c(OCCCCCCCC)c(OCCCCCCCC)c3)n2)cc(OCCCCCCCC)c1OCCCCCCCC. The van der Waals surface area contributed by atoms with Gasteiger partial charge in [0.2, 0.25) is 11.5 Å². The second-order valence-corrected chi connectivity index (χ2v) is 21.2. The van der Waals surface area contributed by atoms with Gasteiger partial charge in [0.15, 0.2) is 23.0 Å². The molecule has 0 saturated carbocycles. The molecule has 0 radical (unpaired) electrons. The monoisotopic (exact) mass is 1050 g/mol. The Bertz CT molecular complexity index is 1690. The molecule has 1 aromatic heterocycles.